The molecule has 32 heavy (non-hydrogen) atoms. The van der Waals surface area contributed by atoms with Crippen LogP contribution >= 0.6 is 0 Å². The van der Waals surface area contributed by atoms with Crippen LogP contribution in [-0.4, -0.2) is 0 Å². The van der Waals surface area contributed by atoms with Crippen LogP contribution in [0.2, 0.25) is 0 Å². The molecule has 0 aliphatic carbocycles. The van der Waals surface area contributed by atoms with Gasteiger partial charge in [0.25, 0.3) is 0 Å². The van der Waals surface area contributed by atoms with E-state index in [2.05, 4.69) is 4.74 Å². The molecular formula is C24H19F7O. The number of alkyl halides is 2. The zero-order chi connectivity index (χ0) is 23.5. The minimum absolute atomic E-state index is 0.0274. The molecule has 0 unspecified atom stereocenters. The number of rotatable bonds is 8. The van der Waals surface area contributed by atoms with Gasteiger partial charge < -0.3 is 4.74 Å². The predicted octanol–water partition coefficient (Wildman–Crippen LogP) is 7.25. The topological polar surface area (TPSA) is 9.23 Å². The Labute approximate surface area is 180 Å². The molecule has 1 nitrogen and oxygen atoms in total. The Hall–Kier alpha value is -3.03. The average Bonchev–Trinajstić information content (AvgIpc) is 2.75. The average molecular weight is 456 g/mol. The van der Waals surface area contributed by atoms with Crippen LogP contribution in [0.15, 0.2) is 48.5 Å². The summed E-state index contributed by atoms with van der Waals surface area (Å²) < 4.78 is 102. The van der Waals surface area contributed by atoms with Gasteiger partial charge >= 0.3 is 6.11 Å². The summed E-state index contributed by atoms with van der Waals surface area (Å²) in [7, 11) is 0. The van der Waals surface area contributed by atoms with Crippen molar-refractivity contribution in [1.29, 1.82) is 0 Å². The van der Waals surface area contributed by atoms with Crippen molar-refractivity contribution in [3.63, 3.8) is 0 Å². The van der Waals surface area contributed by atoms with Gasteiger partial charge in [0, 0.05) is 0 Å². The van der Waals surface area contributed by atoms with Gasteiger partial charge in [-0.05, 0) is 66.3 Å². The molecule has 3 aromatic carbocycles. The lowest BCUT2D eigenvalue weighted by Gasteiger charge is -2.19. The molecule has 0 aliphatic heterocycles. The molecular weight excluding hydrogens is 437 g/mol. The Morgan fingerprint density at radius 1 is 0.688 bits per heavy atom. The number of ether oxygens (including phenoxy) is 1. The van der Waals surface area contributed by atoms with Crippen LogP contribution in [0.4, 0.5) is 30.7 Å². The van der Waals surface area contributed by atoms with Crippen molar-refractivity contribution in [2.24, 2.45) is 0 Å². The number of aryl methyl sites for hydroxylation is 3. The highest BCUT2D eigenvalue weighted by Gasteiger charge is 2.36. The lowest BCUT2D eigenvalue weighted by Crippen LogP contribution is -2.22. The summed E-state index contributed by atoms with van der Waals surface area (Å²) in [6.45, 7) is 1.95. The predicted molar refractivity (Wildman–Crippen MR) is 105 cm³/mol. The quantitative estimate of drug-likeness (QED) is 0.256. The van der Waals surface area contributed by atoms with E-state index in [4.69, 9.17) is 0 Å². The third-order valence-corrected chi connectivity index (χ3v) is 4.92. The first-order chi connectivity index (χ1) is 15.1. The van der Waals surface area contributed by atoms with Crippen LogP contribution in [-0.2, 0) is 25.4 Å². The second-order valence-corrected chi connectivity index (χ2v) is 7.29. The van der Waals surface area contributed by atoms with Crippen molar-refractivity contribution in [1.82, 2.24) is 0 Å². The van der Waals surface area contributed by atoms with Crippen molar-refractivity contribution in [2.45, 2.75) is 38.7 Å². The van der Waals surface area contributed by atoms with E-state index in [0.717, 1.165) is 48.4 Å². The van der Waals surface area contributed by atoms with Gasteiger partial charge in [-0.15, -0.1) is 0 Å². The summed E-state index contributed by atoms with van der Waals surface area (Å²) in [5.74, 6) is -8.44. The molecule has 170 valence electrons. The Balaban J connectivity index is 1.75. The molecule has 3 rings (SSSR count). The third-order valence-electron chi connectivity index (χ3n) is 4.92. The third kappa shape index (κ3) is 5.23. The molecule has 0 radical (unpaired) electrons. The molecule has 0 aromatic heterocycles. The maximum Gasteiger partial charge on any atom is 0.426 e. The van der Waals surface area contributed by atoms with Crippen LogP contribution in [0.5, 0.6) is 5.75 Å². The fraction of sp³-hybridized carbons (Fsp3) is 0.250. The molecule has 0 N–H and O–H groups in total. The van der Waals surface area contributed by atoms with E-state index in [-0.39, 0.29) is 24.0 Å². The molecule has 0 saturated heterocycles. The van der Waals surface area contributed by atoms with Gasteiger partial charge in [0.05, 0.1) is 5.56 Å². The van der Waals surface area contributed by atoms with Crippen molar-refractivity contribution >= 4 is 0 Å². The van der Waals surface area contributed by atoms with Gasteiger partial charge in [0.2, 0.25) is 5.82 Å². The summed E-state index contributed by atoms with van der Waals surface area (Å²) in [4.78, 5) is 0. The van der Waals surface area contributed by atoms with E-state index in [1.165, 1.54) is 12.1 Å². The standard InChI is InChI=1S/C24H19F7O/c1-2-3-14-5-9-17(10-6-14)24(30,31)32-20-11-8-16(21(27)23(20)29)7-4-15-12-18(25)22(28)19(26)13-15/h5-6,8-13H,2-4,7H2,1H3. The number of hydrogen-bond donors (Lipinski definition) is 0. The molecule has 0 fully saturated rings. The molecule has 0 bridgehead atoms. The highest BCUT2D eigenvalue weighted by Crippen LogP contribution is 2.34. The number of benzene rings is 3. The summed E-state index contributed by atoms with van der Waals surface area (Å²) in [5, 5.41) is 0. The van der Waals surface area contributed by atoms with Gasteiger partial charge in [-0.2, -0.15) is 13.2 Å². The van der Waals surface area contributed by atoms with Crippen LogP contribution in [0.1, 0.15) is 35.6 Å². The van der Waals surface area contributed by atoms with Crippen LogP contribution in [0.25, 0.3) is 0 Å². The lowest BCUT2D eigenvalue weighted by molar-refractivity contribution is -0.187. The minimum atomic E-state index is -3.90. The van der Waals surface area contributed by atoms with Gasteiger partial charge in [0.1, 0.15) is 0 Å². The summed E-state index contributed by atoms with van der Waals surface area (Å²) in [5.41, 5.74) is 0.156. The zero-order valence-corrected chi connectivity index (χ0v) is 17.0. The number of halogens is 7. The van der Waals surface area contributed by atoms with E-state index in [0.29, 0.717) is 6.42 Å². The normalized spacial score (nSPS) is 11.6. The second kappa shape index (κ2) is 9.63. The first-order valence-corrected chi connectivity index (χ1v) is 9.89. The van der Waals surface area contributed by atoms with Gasteiger partial charge in [-0.1, -0.05) is 31.5 Å². The van der Waals surface area contributed by atoms with Crippen molar-refractivity contribution in [3.05, 3.63) is 99.9 Å². The lowest BCUT2D eigenvalue weighted by atomic mass is 10.0. The van der Waals surface area contributed by atoms with E-state index < -0.39 is 46.5 Å². The SMILES string of the molecule is CCCc1ccc(C(F)(F)Oc2ccc(CCc3cc(F)c(F)c(F)c3)c(F)c2F)cc1. The van der Waals surface area contributed by atoms with E-state index in [1.54, 1.807) is 0 Å². The summed E-state index contributed by atoms with van der Waals surface area (Å²) >= 11 is 0. The van der Waals surface area contributed by atoms with E-state index >= 15 is 0 Å². The molecule has 0 saturated carbocycles. The molecule has 0 amide bonds. The molecule has 0 heterocycles. The van der Waals surface area contributed by atoms with Crippen molar-refractivity contribution in [3.8, 4) is 5.75 Å². The largest absolute Gasteiger partial charge is 0.426 e. The fourth-order valence-corrected chi connectivity index (χ4v) is 3.23. The molecule has 0 aliphatic rings. The van der Waals surface area contributed by atoms with Crippen LogP contribution < -0.4 is 4.74 Å². The second-order valence-electron chi connectivity index (χ2n) is 7.29. The Bertz CT molecular complexity index is 1070. The first kappa shape index (κ1) is 23.6. The molecule has 3 aromatic rings. The van der Waals surface area contributed by atoms with Gasteiger partial charge in [-0.3, -0.25) is 0 Å². The van der Waals surface area contributed by atoms with Gasteiger partial charge in [0.15, 0.2) is 29.0 Å². The maximum atomic E-state index is 14.4. The Morgan fingerprint density at radius 2 is 1.31 bits per heavy atom. The summed E-state index contributed by atoms with van der Waals surface area (Å²) in [6, 6.07) is 8.74. The Morgan fingerprint density at radius 3 is 1.91 bits per heavy atom. The van der Waals surface area contributed by atoms with Crippen LogP contribution in [0, 0.1) is 29.1 Å². The maximum absolute atomic E-state index is 14.4. The highest BCUT2D eigenvalue weighted by atomic mass is 19.3. The monoisotopic (exact) mass is 456 g/mol. The molecule has 0 atom stereocenters. The van der Waals surface area contributed by atoms with Crippen LogP contribution in [0.3, 0.4) is 0 Å². The van der Waals surface area contributed by atoms with E-state index in [1.807, 2.05) is 6.92 Å². The Kier molecular flexibility index (Phi) is 7.11. The highest BCUT2D eigenvalue weighted by molar-refractivity contribution is 5.33. The number of hydrogen-bond acceptors (Lipinski definition) is 1. The smallest absolute Gasteiger partial charge is 0.426 e. The minimum Gasteiger partial charge on any atom is -0.426 e. The molecule has 0 spiro atoms. The van der Waals surface area contributed by atoms with Gasteiger partial charge in [-0.25, -0.2) is 17.6 Å². The van der Waals surface area contributed by atoms with Crippen molar-refractivity contribution < 1.29 is 35.5 Å². The zero-order valence-electron chi connectivity index (χ0n) is 17.0. The summed E-state index contributed by atoms with van der Waals surface area (Å²) in [6.07, 6.45) is -2.68. The molecule has 8 heteroatoms. The van der Waals surface area contributed by atoms with E-state index in [9.17, 15) is 30.7 Å². The fourth-order valence-electron chi connectivity index (χ4n) is 3.23. The van der Waals surface area contributed by atoms with Crippen molar-refractivity contribution in [2.75, 3.05) is 0 Å². The first-order valence-electron chi connectivity index (χ1n) is 9.89.